The van der Waals surface area contributed by atoms with Gasteiger partial charge in [-0.1, -0.05) is 6.92 Å². The van der Waals surface area contributed by atoms with Crippen molar-refractivity contribution < 1.29 is 9.53 Å². The molecule has 0 aromatic carbocycles. The molecule has 2 nitrogen and oxygen atoms in total. The van der Waals surface area contributed by atoms with Crippen molar-refractivity contribution in [3.05, 3.63) is 20.9 Å². The summed E-state index contributed by atoms with van der Waals surface area (Å²) < 4.78 is 4.83. The number of esters is 1. The number of hydrogen-bond acceptors (Lipinski definition) is 3. The highest BCUT2D eigenvalue weighted by molar-refractivity contribution is 7.12. The van der Waals surface area contributed by atoms with Crippen LogP contribution in [0.15, 0.2) is 0 Å². The maximum Gasteiger partial charge on any atom is 0.339 e. The van der Waals surface area contributed by atoms with Crippen molar-refractivity contribution in [2.75, 3.05) is 7.11 Å². The first-order valence-electron chi connectivity index (χ1n) is 4.99. The number of rotatable bonds is 2. The Bertz CT molecular complexity index is 366. The van der Waals surface area contributed by atoms with Crippen LogP contribution in [0.4, 0.5) is 0 Å². The topological polar surface area (TPSA) is 26.3 Å². The molecule has 0 bridgehead atoms. The van der Waals surface area contributed by atoms with Gasteiger partial charge in [0, 0.05) is 9.75 Å². The number of thiophene rings is 1. The molecule has 0 aliphatic heterocycles. The van der Waals surface area contributed by atoms with Gasteiger partial charge in [0.2, 0.25) is 0 Å². The molecule has 0 radical (unpaired) electrons. The van der Waals surface area contributed by atoms with E-state index in [9.17, 15) is 4.79 Å². The summed E-state index contributed by atoms with van der Waals surface area (Å²) in [6.45, 7) is 2.09. The van der Waals surface area contributed by atoms with E-state index in [0.717, 1.165) is 24.8 Å². The lowest BCUT2D eigenvalue weighted by atomic mass is 10.1. The van der Waals surface area contributed by atoms with E-state index in [0.29, 0.717) is 0 Å². The molecule has 0 amide bonds. The molecule has 1 aliphatic rings. The van der Waals surface area contributed by atoms with Gasteiger partial charge in [-0.15, -0.1) is 11.3 Å². The minimum Gasteiger partial charge on any atom is -0.465 e. The quantitative estimate of drug-likeness (QED) is 0.701. The van der Waals surface area contributed by atoms with Gasteiger partial charge >= 0.3 is 5.97 Å². The number of hydrogen-bond donors (Lipinski definition) is 0. The van der Waals surface area contributed by atoms with Gasteiger partial charge in [-0.3, -0.25) is 0 Å². The maximum absolute atomic E-state index is 11.6. The highest BCUT2D eigenvalue weighted by Crippen LogP contribution is 2.36. The van der Waals surface area contributed by atoms with E-state index in [1.165, 1.54) is 28.8 Å². The molecule has 0 atom stereocenters. The van der Waals surface area contributed by atoms with Crippen LogP contribution in [0, 0.1) is 0 Å². The van der Waals surface area contributed by atoms with Crippen molar-refractivity contribution in [3.63, 3.8) is 0 Å². The molecule has 76 valence electrons. The van der Waals surface area contributed by atoms with Gasteiger partial charge in [-0.25, -0.2) is 4.79 Å². The first kappa shape index (κ1) is 9.71. The number of ether oxygens (including phenoxy) is 1. The fourth-order valence-corrected chi connectivity index (χ4v) is 3.37. The van der Waals surface area contributed by atoms with Crippen LogP contribution in [0.1, 0.15) is 39.0 Å². The summed E-state index contributed by atoms with van der Waals surface area (Å²) in [6, 6.07) is 0. The molecule has 0 unspecified atom stereocenters. The van der Waals surface area contributed by atoms with E-state index >= 15 is 0 Å². The average Bonchev–Trinajstić information content (AvgIpc) is 2.74. The molecule has 0 spiro atoms. The van der Waals surface area contributed by atoms with Gasteiger partial charge in [-0.05, 0) is 31.2 Å². The van der Waals surface area contributed by atoms with E-state index in [2.05, 4.69) is 6.92 Å². The normalized spacial score (nSPS) is 14.1. The van der Waals surface area contributed by atoms with Crippen molar-refractivity contribution >= 4 is 17.3 Å². The van der Waals surface area contributed by atoms with Crippen molar-refractivity contribution in [3.8, 4) is 0 Å². The smallest absolute Gasteiger partial charge is 0.339 e. The molecular weight excluding hydrogens is 196 g/mol. The Morgan fingerprint density at radius 3 is 2.93 bits per heavy atom. The zero-order valence-corrected chi connectivity index (χ0v) is 9.37. The highest BCUT2D eigenvalue weighted by Gasteiger charge is 2.25. The molecule has 0 saturated carbocycles. The van der Waals surface area contributed by atoms with Gasteiger partial charge in [-0.2, -0.15) is 0 Å². The van der Waals surface area contributed by atoms with Crippen LogP contribution in [0.5, 0.6) is 0 Å². The number of aryl methyl sites for hydroxylation is 2. The van der Waals surface area contributed by atoms with E-state index in [4.69, 9.17) is 4.74 Å². The molecule has 2 rings (SSSR count). The Labute approximate surface area is 87.9 Å². The van der Waals surface area contributed by atoms with Crippen molar-refractivity contribution in [2.24, 2.45) is 0 Å². The first-order chi connectivity index (χ1) is 6.77. The summed E-state index contributed by atoms with van der Waals surface area (Å²) in [7, 11) is 1.46. The molecule has 1 aliphatic carbocycles. The van der Waals surface area contributed by atoms with Crippen LogP contribution in [0.25, 0.3) is 0 Å². The number of methoxy groups -OCH3 is 1. The largest absolute Gasteiger partial charge is 0.465 e. The third kappa shape index (κ3) is 1.36. The Kier molecular flexibility index (Phi) is 2.59. The van der Waals surface area contributed by atoms with Gasteiger partial charge in [0.1, 0.15) is 0 Å². The van der Waals surface area contributed by atoms with Crippen LogP contribution < -0.4 is 0 Å². The second kappa shape index (κ2) is 3.73. The monoisotopic (exact) mass is 210 g/mol. The Hall–Kier alpha value is -0.830. The predicted octanol–water partition coefficient (Wildman–Crippen LogP) is 2.59. The number of carbonyl (C=O) groups excluding carboxylic acids is 1. The summed E-state index contributed by atoms with van der Waals surface area (Å²) >= 11 is 1.79. The van der Waals surface area contributed by atoms with Gasteiger partial charge in [0.15, 0.2) is 0 Å². The molecule has 0 saturated heterocycles. The Balaban J connectivity index is 2.49. The zero-order valence-electron chi connectivity index (χ0n) is 8.55. The van der Waals surface area contributed by atoms with E-state index < -0.39 is 0 Å². The van der Waals surface area contributed by atoms with Crippen molar-refractivity contribution in [1.82, 2.24) is 0 Å². The molecule has 1 aromatic heterocycles. The molecule has 1 heterocycles. The third-order valence-corrected chi connectivity index (χ3v) is 4.14. The van der Waals surface area contributed by atoms with E-state index in [-0.39, 0.29) is 5.97 Å². The summed E-state index contributed by atoms with van der Waals surface area (Å²) in [4.78, 5) is 14.2. The zero-order chi connectivity index (χ0) is 10.1. The third-order valence-electron chi connectivity index (χ3n) is 2.70. The van der Waals surface area contributed by atoms with Crippen LogP contribution in [0.2, 0.25) is 0 Å². The minimum atomic E-state index is -0.152. The Morgan fingerprint density at radius 2 is 2.29 bits per heavy atom. The van der Waals surface area contributed by atoms with Gasteiger partial charge in [0.25, 0.3) is 0 Å². The lowest BCUT2D eigenvalue weighted by molar-refractivity contribution is 0.0599. The van der Waals surface area contributed by atoms with Gasteiger partial charge < -0.3 is 4.74 Å². The van der Waals surface area contributed by atoms with Gasteiger partial charge in [0.05, 0.1) is 12.7 Å². The van der Waals surface area contributed by atoms with Crippen LogP contribution >= 0.6 is 11.3 Å². The molecule has 0 fully saturated rings. The second-order valence-corrected chi connectivity index (χ2v) is 4.69. The van der Waals surface area contributed by atoms with Crippen LogP contribution in [-0.2, 0) is 24.0 Å². The fraction of sp³-hybridized carbons (Fsp3) is 0.545. The molecule has 0 N–H and O–H groups in total. The van der Waals surface area contributed by atoms with Crippen molar-refractivity contribution in [1.29, 1.82) is 0 Å². The van der Waals surface area contributed by atoms with Crippen LogP contribution in [-0.4, -0.2) is 13.1 Å². The molecule has 3 heteroatoms. The molecule has 1 aromatic rings. The lowest BCUT2D eigenvalue weighted by Crippen LogP contribution is -2.05. The number of carbonyl (C=O) groups is 1. The first-order valence-corrected chi connectivity index (χ1v) is 5.81. The average molecular weight is 210 g/mol. The second-order valence-electron chi connectivity index (χ2n) is 3.50. The highest BCUT2D eigenvalue weighted by atomic mass is 32.1. The van der Waals surface area contributed by atoms with E-state index in [1.54, 1.807) is 11.3 Å². The summed E-state index contributed by atoms with van der Waals surface area (Å²) in [5.41, 5.74) is 2.13. The molecule has 14 heavy (non-hydrogen) atoms. The summed E-state index contributed by atoms with van der Waals surface area (Å²) in [5.74, 6) is -0.152. The SMILES string of the molecule is CCc1sc2c(c1C(=O)OC)CCC2. The predicted molar refractivity (Wildman–Crippen MR) is 57.1 cm³/mol. The lowest BCUT2D eigenvalue weighted by Gasteiger charge is -2.01. The summed E-state index contributed by atoms with van der Waals surface area (Å²) in [5, 5.41) is 0. The van der Waals surface area contributed by atoms with Crippen LogP contribution in [0.3, 0.4) is 0 Å². The molecular formula is C11H14O2S. The Morgan fingerprint density at radius 1 is 1.50 bits per heavy atom. The minimum absolute atomic E-state index is 0.152. The maximum atomic E-state index is 11.6. The van der Waals surface area contributed by atoms with Crippen molar-refractivity contribution in [2.45, 2.75) is 32.6 Å². The number of fused-ring (bicyclic) bond motifs is 1. The van der Waals surface area contributed by atoms with E-state index in [1.807, 2.05) is 0 Å². The standard InChI is InChI=1S/C11H14O2S/c1-3-8-10(11(12)13-2)7-5-4-6-9(7)14-8/h3-6H2,1-2H3. The fourth-order valence-electron chi connectivity index (χ4n) is 2.05. The summed E-state index contributed by atoms with van der Waals surface area (Å²) in [6.07, 6.45) is 4.32.